The van der Waals surface area contributed by atoms with Gasteiger partial charge < -0.3 is 15.0 Å². The molecule has 1 aromatic rings. The van der Waals surface area contributed by atoms with Crippen molar-refractivity contribution < 1.29 is 19.1 Å². The number of amides is 4. The molecule has 3 fully saturated rings. The van der Waals surface area contributed by atoms with Gasteiger partial charge in [-0.2, -0.15) is 0 Å². The Balaban J connectivity index is 1.51. The van der Waals surface area contributed by atoms with E-state index in [0.717, 1.165) is 5.56 Å². The normalized spacial score (nSPS) is 23.4. The molecule has 1 aromatic carbocycles. The third kappa shape index (κ3) is 2.59. The number of hydrogen-bond acceptors (Lipinski definition) is 4. The predicted molar refractivity (Wildman–Crippen MR) is 88.8 cm³/mol. The highest BCUT2D eigenvalue weighted by Gasteiger charge is 2.49. The molecule has 25 heavy (non-hydrogen) atoms. The number of likely N-dealkylation sites (tertiary alicyclic amines) is 1. The van der Waals surface area contributed by atoms with Crippen molar-refractivity contribution in [2.24, 2.45) is 0 Å². The Bertz CT molecular complexity index is 678. The average Bonchev–Trinajstić information content (AvgIpc) is 2.94. The standard InChI is InChI=1S/C18H21N3O4/c22-15-10-19-17(24)21(15)14-11-20(12-14)16(23)18(6-8-25-9-7-18)13-4-2-1-3-5-13/h1-5,14H,6-12H2,(H,19,24). The molecule has 0 radical (unpaired) electrons. The third-order valence-corrected chi connectivity index (χ3v) is 5.48. The van der Waals surface area contributed by atoms with Crippen LogP contribution in [0.1, 0.15) is 18.4 Å². The minimum absolute atomic E-state index is 0.0502. The molecule has 0 atom stereocenters. The molecule has 3 heterocycles. The Morgan fingerprint density at radius 3 is 2.40 bits per heavy atom. The lowest BCUT2D eigenvalue weighted by atomic mass is 9.72. The maximum Gasteiger partial charge on any atom is 0.324 e. The van der Waals surface area contributed by atoms with Crippen LogP contribution in [0.5, 0.6) is 0 Å². The van der Waals surface area contributed by atoms with E-state index in [0.29, 0.717) is 39.1 Å². The fourth-order valence-corrected chi connectivity index (χ4v) is 3.99. The zero-order valence-electron chi connectivity index (χ0n) is 13.9. The molecule has 3 aliphatic rings. The van der Waals surface area contributed by atoms with Crippen molar-refractivity contribution in [1.29, 1.82) is 0 Å². The van der Waals surface area contributed by atoms with E-state index in [2.05, 4.69) is 5.32 Å². The molecule has 132 valence electrons. The van der Waals surface area contributed by atoms with Crippen LogP contribution >= 0.6 is 0 Å². The van der Waals surface area contributed by atoms with Crippen LogP contribution in [-0.4, -0.2) is 66.5 Å². The molecule has 4 rings (SSSR count). The topological polar surface area (TPSA) is 79.0 Å². The molecule has 1 N–H and O–H groups in total. The Morgan fingerprint density at radius 1 is 1.12 bits per heavy atom. The fraction of sp³-hybridized carbons (Fsp3) is 0.500. The molecule has 0 unspecified atom stereocenters. The van der Waals surface area contributed by atoms with Gasteiger partial charge in [-0.25, -0.2) is 4.79 Å². The van der Waals surface area contributed by atoms with Gasteiger partial charge in [0, 0.05) is 26.3 Å². The van der Waals surface area contributed by atoms with Gasteiger partial charge in [0.25, 0.3) is 0 Å². The van der Waals surface area contributed by atoms with Crippen molar-refractivity contribution >= 4 is 17.8 Å². The zero-order valence-corrected chi connectivity index (χ0v) is 13.9. The minimum atomic E-state index is -0.568. The van der Waals surface area contributed by atoms with Crippen molar-refractivity contribution in [3.05, 3.63) is 35.9 Å². The summed E-state index contributed by atoms with van der Waals surface area (Å²) in [6.07, 6.45) is 1.31. The second-order valence-corrected chi connectivity index (χ2v) is 6.85. The van der Waals surface area contributed by atoms with E-state index in [1.807, 2.05) is 30.3 Å². The first-order valence-corrected chi connectivity index (χ1v) is 8.64. The summed E-state index contributed by atoms with van der Waals surface area (Å²) in [5.41, 5.74) is 0.448. The molecule has 7 heteroatoms. The molecule has 4 amide bonds. The lowest BCUT2D eigenvalue weighted by Crippen LogP contribution is -2.65. The zero-order chi connectivity index (χ0) is 17.4. The molecule has 3 saturated heterocycles. The summed E-state index contributed by atoms with van der Waals surface area (Å²) >= 11 is 0. The van der Waals surface area contributed by atoms with Gasteiger partial charge in [0.1, 0.15) is 0 Å². The van der Waals surface area contributed by atoms with Gasteiger partial charge >= 0.3 is 6.03 Å². The van der Waals surface area contributed by atoms with Crippen LogP contribution < -0.4 is 5.32 Å². The molecule has 0 bridgehead atoms. The first-order chi connectivity index (χ1) is 12.1. The molecule has 0 aliphatic carbocycles. The molecular formula is C18H21N3O4. The number of hydrogen-bond donors (Lipinski definition) is 1. The summed E-state index contributed by atoms with van der Waals surface area (Å²) < 4.78 is 5.48. The van der Waals surface area contributed by atoms with E-state index in [-0.39, 0.29) is 30.4 Å². The van der Waals surface area contributed by atoms with Gasteiger partial charge in [0.05, 0.1) is 18.0 Å². The van der Waals surface area contributed by atoms with E-state index >= 15 is 0 Å². The summed E-state index contributed by atoms with van der Waals surface area (Å²) in [6, 6.07) is 9.27. The first-order valence-electron chi connectivity index (χ1n) is 8.64. The molecule has 0 spiro atoms. The maximum absolute atomic E-state index is 13.3. The number of nitrogens with zero attached hydrogens (tertiary/aromatic N) is 2. The highest BCUT2D eigenvalue weighted by atomic mass is 16.5. The van der Waals surface area contributed by atoms with Crippen LogP contribution in [0.4, 0.5) is 4.79 Å². The van der Waals surface area contributed by atoms with Crippen LogP contribution in [0, 0.1) is 0 Å². The number of nitrogens with one attached hydrogen (secondary N) is 1. The highest BCUT2D eigenvalue weighted by molar-refractivity contribution is 6.02. The van der Waals surface area contributed by atoms with Gasteiger partial charge in [-0.05, 0) is 18.4 Å². The van der Waals surface area contributed by atoms with E-state index in [1.54, 1.807) is 4.90 Å². The van der Waals surface area contributed by atoms with Crippen LogP contribution in [0.15, 0.2) is 30.3 Å². The molecule has 7 nitrogen and oxygen atoms in total. The number of rotatable bonds is 3. The van der Waals surface area contributed by atoms with Gasteiger partial charge in [0.2, 0.25) is 11.8 Å². The number of benzene rings is 1. The highest BCUT2D eigenvalue weighted by Crippen LogP contribution is 2.38. The Kier molecular flexibility index (Phi) is 3.95. The SMILES string of the molecule is O=C1CNC(=O)N1C1CN(C(=O)C2(c3ccccc3)CCOCC2)C1. The largest absolute Gasteiger partial charge is 0.381 e. The second kappa shape index (κ2) is 6.15. The van der Waals surface area contributed by atoms with Gasteiger partial charge in [0.15, 0.2) is 0 Å². The van der Waals surface area contributed by atoms with Crippen molar-refractivity contribution in [3.63, 3.8) is 0 Å². The quantitative estimate of drug-likeness (QED) is 0.811. The summed E-state index contributed by atoms with van der Waals surface area (Å²) in [4.78, 5) is 39.9. The summed E-state index contributed by atoms with van der Waals surface area (Å²) in [5.74, 6) is -0.142. The number of carbonyl (C=O) groups excluding carboxylic acids is 3. The van der Waals surface area contributed by atoms with Crippen LogP contribution in [0.2, 0.25) is 0 Å². The van der Waals surface area contributed by atoms with Crippen molar-refractivity contribution in [2.75, 3.05) is 32.8 Å². The van der Waals surface area contributed by atoms with Crippen LogP contribution in [0.3, 0.4) is 0 Å². The summed E-state index contributed by atoms with van der Waals surface area (Å²) in [6.45, 7) is 1.99. The average molecular weight is 343 g/mol. The smallest absolute Gasteiger partial charge is 0.324 e. The van der Waals surface area contributed by atoms with Gasteiger partial charge in [-0.3, -0.25) is 14.5 Å². The maximum atomic E-state index is 13.3. The van der Waals surface area contributed by atoms with E-state index in [1.165, 1.54) is 4.90 Å². The third-order valence-electron chi connectivity index (χ3n) is 5.48. The summed E-state index contributed by atoms with van der Waals surface area (Å²) in [5, 5.41) is 2.53. The van der Waals surface area contributed by atoms with E-state index in [9.17, 15) is 14.4 Å². The molecule has 3 aliphatic heterocycles. The van der Waals surface area contributed by atoms with Gasteiger partial charge in [-0.1, -0.05) is 30.3 Å². The lowest BCUT2D eigenvalue weighted by Gasteiger charge is -2.48. The summed E-state index contributed by atoms with van der Waals surface area (Å²) in [7, 11) is 0. The van der Waals surface area contributed by atoms with Crippen LogP contribution in [0.25, 0.3) is 0 Å². The Morgan fingerprint density at radius 2 is 1.80 bits per heavy atom. The molecule has 0 saturated carbocycles. The molecule has 0 aromatic heterocycles. The monoisotopic (exact) mass is 343 g/mol. The van der Waals surface area contributed by atoms with Crippen LogP contribution in [-0.2, 0) is 19.7 Å². The number of ether oxygens (including phenoxy) is 1. The number of carbonyl (C=O) groups is 3. The fourth-order valence-electron chi connectivity index (χ4n) is 3.99. The van der Waals surface area contributed by atoms with Crippen molar-refractivity contribution in [1.82, 2.24) is 15.1 Å². The number of imide groups is 1. The first kappa shape index (κ1) is 16.1. The number of urea groups is 1. The molecular weight excluding hydrogens is 322 g/mol. The lowest BCUT2D eigenvalue weighted by molar-refractivity contribution is -0.150. The predicted octanol–water partition coefficient (Wildman–Crippen LogP) is 0.497. The van der Waals surface area contributed by atoms with E-state index in [4.69, 9.17) is 4.74 Å². The van der Waals surface area contributed by atoms with E-state index < -0.39 is 5.41 Å². The second-order valence-electron chi connectivity index (χ2n) is 6.85. The minimum Gasteiger partial charge on any atom is -0.381 e. The van der Waals surface area contributed by atoms with Crippen molar-refractivity contribution in [2.45, 2.75) is 24.3 Å². The van der Waals surface area contributed by atoms with Gasteiger partial charge in [-0.15, -0.1) is 0 Å². The Labute approximate surface area is 145 Å². The Hall–Kier alpha value is -2.41. The van der Waals surface area contributed by atoms with Crippen molar-refractivity contribution in [3.8, 4) is 0 Å².